The fraction of sp³-hybridized carbons (Fsp3) is 0.360. The first-order valence-corrected chi connectivity index (χ1v) is 10.8. The van der Waals surface area contributed by atoms with Crippen LogP contribution in [0.1, 0.15) is 56.5 Å². The number of alkyl halides is 3. The Morgan fingerprint density at radius 3 is 2.61 bits per heavy atom. The lowest BCUT2D eigenvalue weighted by Gasteiger charge is -2.25. The molecule has 33 heavy (non-hydrogen) atoms. The maximum atomic E-state index is 12.9. The molecule has 0 bridgehead atoms. The highest BCUT2D eigenvalue weighted by Crippen LogP contribution is 2.33. The van der Waals surface area contributed by atoms with Gasteiger partial charge in [0.2, 0.25) is 0 Å². The lowest BCUT2D eigenvalue weighted by atomic mass is 9.89. The summed E-state index contributed by atoms with van der Waals surface area (Å²) in [6.07, 6.45) is -1.02. The number of fused-ring (bicyclic) bond motifs is 1. The number of imidazole rings is 1. The Bertz CT molecular complexity index is 1160. The van der Waals surface area contributed by atoms with Crippen molar-refractivity contribution in [2.24, 2.45) is 0 Å². The summed E-state index contributed by atoms with van der Waals surface area (Å²) in [5, 5.41) is 2.68. The minimum absolute atomic E-state index is 0.00201. The number of hydrogen-bond acceptors (Lipinski definition) is 3. The molecule has 3 aromatic rings. The van der Waals surface area contributed by atoms with Gasteiger partial charge in [0.15, 0.2) is 0 Å². The van der Waals surface area contributed by atoms with Gasteiger partial charge in [-0.25, -0.2) is 4.98 Å². The molecule has 1 aromatic heterocycles. The van der Waals surface area contributed by atoms with Gasteiger partial charge in [0.05, 0.1) is 12.7 Å². The largest absolute Gasteiger partial charge is 0.496 e. The van der Waals surface area contributed by atoms with E-state index in [0.29, 0.717) is 18.0 Å². The van der Waals surface area contributed by atoms with Gasteiger partial charge < -0.3 is 14.6 Å². The van der Waals surface area contributed by atoms with Crippen molar-refractivity contribution in [3.63, 3.8) is 0 Å². The van der Waals surface area contributed by atoms with Crippen LogP contribution >= 0.6 is 0 Å². The van der Waals surface area contributed by atoms with Crippen molar-refractivity contribution in [1.29, 1.82) is 0 Å². The van der Waals surface area contributed by atoms with Gasteiger partial charge in [-0.1, -0.05) is 24.3 Å². The van der Waals surface area contributed by atoms with E-state index in [2.05, 4.69) is 22.4 Å². The van der Waals surface area contributed by atoms with Gasteiger partial charge in [-0.2, -0.15) is 13.2 Å². The van der Waals surface area contributed by atoms with Gasteiger partial charge in [-0.05, 0) is 54.7 Å². The second-order valence-corrected chi connectivity index (χ2v) is 8.50. The van der Waals surface area contributed by atoms with Crippen molar-refractivity contribution in [1.82, 2.24) is 14.9 Å². The Balaban J connectivity index is 1.44. The quantitative estimate of drug-likeness (QED) is 0.574. The molecule has 8 heteroatoms. The van der Waals surface area contributed by atoms with Gasteiger partial charge in [0, 0.05) is 31.6 Å². The molecule has 1 aliphatic heterocycles. The third-order valence-electron chi connectivity index (χ3n) is 6.09. The van der Waals surface area contributed by atoms with Crippen LogP contribution in [0, 0.1) is 13.8 Å². The number of aromatic nitrogens is 2. The van der Waals surface area contributed by atoms with Crippen LogP contribution in [-0.4, -0.2) is 22.6 Å². The first kappa shape index (κ1) is 22.9. The lowest BCUT2D eigenvalue weighted by molar-refractivity contribution is -0.137. The summed E-state index contributed by atoms with van der Waals surface area (Å²) in [4.78, 5) is 17.1. The maximum absolute atomic E-state index is 12.9. The number of nitrogens with one attached hydrogen (secondary N) is 1. The maximum Gasteiger partial charge on any atom is 0.416 e. The number of hydrogen-bond donors (Lipinski definition) is 1. The predicted molar refractivity (Wildman–Crippen MR) is 118 cm³/mol. The van der Waals surface area contributed by atoms with Crippen LogP contribution < -0.4 is 10.1 Å². The highest BCUT2D eigenvalue weighted by molar-refractivity contribution is 5.92. The van der Waals surface area contributed by atoms with Crippen molar-refractivity contribution >= 4 is 5.91 Å². The Kier molecular flexibility index (Phi) is 6.19. The molecule has 0 spiro atoms. The van der Waals surface area contributed by atoms with E-state index in [9.17, 15) is 18.0 Å². The number of halogens is 3. The van der Waals surface area contributed by atoms with Crippen molar-refractivity contribution in [2.45, 2.75) is 51.9 Å². The van der Waals surface area contributed by atoms with E-state index in [1.54, 1.807) is 19.4 Å². The summed E-state index contributed by atoms with van der Waals surface area (Å²) < 4.78 is 46.1. The normalized spacial score (nSPS) is 15.8. The second kappa shape index (κ2) is 8.92. The van der Waals surface area contributed by atoms with Crippen LogP contribution in [0.15, 0.2) is 42.6 Å². The van der Waals surface area contributed by atoms with Crippen LogP contribution in [0.25, 0.3) is 0 Å². The number of methoxy groups -OCH3 is 1. The summed E-state index contributed by atoms with van der Waals surface area (Å²) in [7, 11) is 1.67. The number of nitrogens with zero attached hydrogens (tertiary/aromatic N) is 2. The van der Waals surface area contributed by atoms with E-state index in [1.165, 1.54) is 11.6 Å². The van der Waals surface area contributed by atoms with Gasteiger partial charge in [-0.15, -0.1) is 0 Å². The number of aryl methyl sites for hydroxylation is 3. The molecule has 0 aliphatic carbocycles. The number of carbonyl (C=O) groups is 1. The third kappa shape index (κ3) is 4.89. The average molecular weight is 457 g/mol. The topological polar surface area (TPSA) is 56.1 Å². The lowest BCUT2D eigenvalue weighted by Crippen LogP contribution is -2.23. The van der Waals surface area contributed by atoms with Gasteiger partial charge in [0.25, 0.3) is 5.91 Å². The molecule has 0 saturated carbocycles. The average Bonchev–Trinajstić information content (AvgIpc) is 3.20. The summed E-state index contributed by atoms with van der Waals surface area (Å²) in [5.74, 6) is 1.65. The fourth-order valence-electron chi connectivity index (χ4n) is 4.50. The summed E-state index contributed by atoms with van der Waals surface area (Å²) in [6, 6.07) is 9.25. The van der Waals surface area contributed by atoms with Crippen molar-refractivity contribution in [3.05, 3.63) is 81.9 Å². The molecule has 1 N–H and O–H groups in total. The van der Waals surface area contributed by atoms with Crippen LogP contribution in [0.5, 0.6) is 5.75 Å². The van der Waals surface area contributed by atoms with Gasteiger partial charge >= 0.3 is 6.18 Å². The third-order valence-corrected chi connectivity index (χ3v) is 6.09. The van der Waals surface area contributed by atoms with Gasteiger partial charge in [0.1, 0.15) is 17.3 Å². The van der Waals surface area contributed by atoms with E-state index in [0.717, 1.165) is 47.7 Å². The zero-order valence-electron chi connectivity index (χ0n) is 18.8. The fourth-order valence-corrected chi connectivity index (χ4v) is 4.50. The van der Waals surface area contributed by atoms with E-state index >= 15 is 0 Å². The number of amides is 1. The Morgan fingerprint density at radius 2 is 1.94 bits per heavy atom. The molecule has 5 nitrogen and oxygen atoms in total. The highest BCUT2D eigenvalue weighted by atomic mass is 19.4. The van der Waals surface area contributed by atoms with E-state index < -0.39 is 17.6 Å². The van der Waals surface area contributed by atoms with Crippen LogP contribution in [0.3, 0.4) is 0 Å². The molecule has 174 valence electrons. The summed E-state index contributed by atoms with van der Waals surface area (Å²) >= 11 is 0. The van der Waals surface area contributed by atoms with E-state index in [-0.39, 0.29) is 12.2 Å². The molecule has 1 aliphatic rings. The number of ether oxygens (including phenoxy) is 1. The first-order valence-electron chi connectivity index (χ1n) is 10.8. The zero-order chi connectivity index (χ0) is 23.8. The summed E-state index contributed by atoms with van der Waals surface area (Å²) in [6.45, 7) is 4.79. The summed E-state index contributed by atoms with van der Waals surface area (Å²) in [5.41, 5.74) is 3.35. The monoisotopic (exact) mass is 457 g/mol. The zero-order valence-corrected chi connectivity index (χ0v) is 18.8. The standard InChI is InChI=1S/C25H26F3N3O2/c1-15-9-19(10-16(2)23(15)33-3)18-7-8-22-30-21(14-31(22)13-18)24(32)29-12-17-5-4-6-20(11-17)25(26,27)28/h4-6,9-11,14,18H,7-8,12-13H2,1-3H3,(H,29,32). The minimum Gasteiger partial charge on any atom is -0.496 e. The van der Waals surface area contributed by atoms with E-state index in [1.807, 2.05) is 18.4 Å². The molecule has 4 rings (SSSR count). The van der Waals surface area contributed by atoms with Crippen LogP contribution in [0.2, 0.25) is 0 Å². The SMILES string of the molecule is COc1c(C)cc(C2CCc3nc(C(=O)NCc4cccc(C(F)(F)F)c4)cn3C2)cc1C. The Hall–Kier alpha value is -3.29. The second-order valence-electron chi connectivity index (χ2n) is 8.50. The van der Waals surface area contributed by atoms with Crippen LogP contribution in [0.4, 0.5) is 13.2 Å². The highest BCUT2D eigenvalue weighted by Gasteiger charge is 2.30. The molecular formula is C25H26F3N3O2. The number of rotatable bonds is 5. The molecule has 0 saturated heterocycles. The van der Waals surface area contributed by atoms with Crippen LogP contribution in [-0.2, 0) is 25.7 Å². The van der Waals surface area contributed by atoms with E-state index in [4.69, 9.17) is 4.74 Å². The molecule has 2 aromatic carbocycles. The van der Waals surface area contributed by atoms with Crippen molar-refractivity contribution in [3.8, 4) is 5.75 Å². The molecule has 1 atom stereocenters. The molecule has 1 unspecified atom stereocenters. The smallest absolute Gasteiger partial charge is 0.416 e. The predicted octanol–water partition coefficient (Wildman–Crippen LogP) is 5.19. The Morgan fingerprint density at radius 1 is 1.21 bits per heavy atom. The number of carbonyl (C=O) groups excluding carboxylic acids is 1. The van der Waals surface area contributed by atoms with Crippen molar-refractivity contribution in [2.75, 3.05) is 7.11 Å². The first-order chi connectivity index (χ1) is 15.7. The molecule has 0 radical (unpaired) electrons. The Labute approximate surface area is 190 Å². The van der Waals surface area contributed by atoms with Gasteiger partial charge in [-0.3, -0.25) is 4.79 Å². The number of benzene rings is 2. The molecule has 0 fully saturated rings. The van der Waals surface area contributed by atoms with Crippen molar-refractivity contribution < 1.29 is 22.7 Å². The molecule has 2 heterocycles. The molecular weight excluding hydrogens is 431 g/mol. The minimum atomic E-state index is -4.42. The molecule has 1 amide bonds.